The number of ketones is 1. The van der Waals surface area contributed by atoms with Crippen molar-refractivity contribution in [2.45, 2.75) is 33.6 Å². The van der Waals surface area contributed by atoms with Crippen molar-refractivity contribution < 1.29 is 14.3 Å². The zero-order valence-electron chi connectivity index (χ0n) is 10.3. The molecule has 0 aliphatic heterocycles. The number of rotatable bonds is 7. The van der Waals surface area contributed by atoms with Crippen LogP contribution in [-0.2, 0) is 14.3 Å². The highest BCUT2D eigenvalue weighted by molar-refractivity contribution is 6.02. The second-order valence-corrected chi connectivity index (χ2v) is 3.81. The van der Waals surface area contributed by atoms with Crippen LogP contribution < -0.4 is 0 Å². The maximum atomic E-state index is 11.7. The highest BCUT2D eigenvalue weighted by atomic mass is 16.5. The van der Waals surface area contributed by atoms with Crippen LogP contribution in [0.1, 0.15) is 33.6 Å². The van der Waals surface area contributed by atoms with Gasteiger partial charge in [-0.15, -0.1) is 6.58 Å². The van der Waals surface area contributed by atoms with Crippen molar-refractivity contribution in [1.82, 2.24) is 0 Å². The Kier molecular flexibility index (Phi) is 6.38. The lowest BCUT2D eigenvalue weighted by Crippen LogP contribution is -2.36. The molecule has 0 aliphatic rings. The van der Waals surface area contributed by atoms with Crippen molar-refractivity contribution in [3.05, 3.63) is 24.8 Å². The van der Waals surface area contributed by atoms with Gasteiger partial charge in [-0.05, 0) is 33.6 Å². The first kappa shape index (κ1) is 14.6. The van der Waals surface area contributed by atoms with E-state index in [0.29, 0.717) is 6.42 Å². The Morgan fingerprint density at radius 2 is 2.00 bits per heavy atom. The van der Waals surface area contributed by atoms with E-state index in [2.05, 4.69) is 6.58 Å². The number of Topliss-reactive ketones (excluding diaryl/α,β-unsaturated/α-hetero) is 1. The molecule has 0 rings (SSSR count). The highest BCUT2D eigenvalue weighted by Gasteiger charge is 2.38. The van der Waals surface area contributed by atoms with Crippen LogP contribution >= 0.6 is 0 Å². The molecular formula is C13H20O3. The predicted octanol–water partition coefficient (Wildman–Crippen LogP) is 2.67. The summed E-state index contributed by atoms with van der Waals surface area (Å²) in [5.74, 6) is -0.625. The highest BCUT2D eigenvalue weighted by Crippen LogP contribution is 2.25. The molecule has 3 heteroatoms. The molecule has 0 amide bonds. The van der Waals surface area contributed by atoms with E-state index in [0.717, 1.165) is 6.42 Å². The first-order valence-corrected chi connectivity index (χ1v) is 5.43. The molecule has 90 valence electrons. The van der Waals surface area contributed by atoms with E-state index in [1.54, 1.807) is 19.9 Å². The van der Waals surface area contributed by atoms with E-state index < -0.39 is 11.4 Å². The van der Waals surface area contributed by atoms with Gasteiger partial charge in [0.05, 0.1) is 6.61 Å². The lowest BCUT2D eigenvalue weighted by molar-refractivity contribution is -0.158. The summed E-state index contributed by atoms with van der Waals surface area (Å²) in [5.41, 5.74) is -1.06. The van der Waals surface area contributed by atoms with Crippen molar-refractivity contribution >= 4 is 11.8 Å². The van der Waals surface area contributed by atoms with E-state index in [9.17, 15) is 9.59 Å². The summed E-state index contributed by atoms with van der Waals surface area (Å²) in [4.78, 5) is 23.2. The molecule has 0 aliphatic carbocycles. The van der Waals surface area contributed by atoms with Gasteiger partial charge in [0.1, 0.15) is 11.2 Å². The topological polar surface area (TPSA) is 43.4 Å². The molecule has 0 fully saturated rings. The fourth-order valence-electron chi connectivity index (χ4n) is 1.17. The van der Waals surface area contributed by atoms with Crippen LogP contribution in [0.2, 0.25) is 0 Å². The number of hydrogen-bond donors (Lipinski definition) is 0. The molecule has 0 spiro atoms. The van der Waals surface area contributed by atoms with Crippen molar-refractivity contribution in [1.29, 1.82) is 0 Å². The van der Waals surface area contributed by atoms with E-state index in [-0.39, 0.29) is 12.4 Å². The normalized spacial score (nSPS) is 14.4. The van der Waals surface area contributed by atoms with Gasteiger partial charge < -0.3 is 4.74 Å². The summed E-state index contributed by atoms with van der Waals surface area (Å²) < 4.78 is 4.91. The summed E-state index contributed by atoms with van der Waals surface area (Å²) in [6.45, 7) is 8.63. The van der Waals surface area contributed by atoms with Gasteiger partial charge in [0.2, 0.25) is 0 Å². The lowest BCUT2D eigenvalue weighted by atomic mass is 9.83. The predicted molar refractivity (Wildman–Crippen MR) is 64.0 cm³/mol. The molecule has 0 aromatic rings. The quantitative estimate of drug-likeness (QED) is 0.379. The fraction of sp³-hybridized carbons (Fsp3) is 0.538. The number of esters is 1. The molecule has 0 bridgehead atoms. The summed E-state index contributed by atoms with van der Waals surface area (Å²) in [7, 11) is 0. The number of ether oxygens (including phenoxy) is 1. The molecule has 16 heavy (non-hydrogen) atoms. The first-order valence-electron chi connectivity index (χ1n) is 5.43. The van der Waals surface area contributed by atoms with Crippen molar-refractivity contribution in [2.24, 2.45) is 5.41 Å². The SMILES string of the molecule is C=CC/C=C/CC(C)(C(C)=O)C(=O)OCC. The average molecular weight is 224 g/mol. The van der Waals surface area contributed by atoms with Crippen LogP contribution in [0.25, 0.3) is 0 Å². The third-order valence-corrected chi connectivity index (χ3v) is 2.50. The van der Waals surface area contributed by atoms with Gasteiger partial charge in [-0.1, -0.05) is 18.2 Å². The second-order valence-electron chi connectivity index (χ2n) is 3.81. The van der Waals surface area contributed by atoms with Crippen LogP contribution in [0.15, 0.2) is 24.8 Å². The third-order valence-electron chi connectivity index (χ3n) is 2.50. The molecule has 0 saturated heterocycles. The Morgan fingerprint density at radius 1 is 1.38 bits per heavy atom. The smallest absolute Gasteiger partial charge is 0.319 e. The van der Waals surface area contributed by atoms with E-state index >= 15 is 0 Å². The Hall–Kier alpha value is -1.38. The summed E-state index contributed by atoms with van der Waals surface area (Å²) in [6, 6.07) is 0. The van der Waals surface area contributed by atoms with Gasteiger partial charge in [-0.25, -0.2) is 0 Å². The van der Waals surface area contributed by atoms with Crippen LogP contribution in [0.3, 0.4) is 0 Å². The Bertz CT molecular complexity index is 292. The van der Waals surface area contributed by atoms with Gasteiger partial charge in [0, 0.05) is 0 Å². The van der Waals surface area contributed by atoms with Crippen LogP contribution in [0.4, 0.5) is 0 Å². The second kappa shape index (κ2) is 6.99. The van der Waals surface area contributed by atoms with Gasteiger partial charge in [-0.2, -0.15) is 0 Å². The van der Waals surface area contributed by atoms with Crippen LogP contribution in [0, 0.1) is 5.41 Å². The molecule has 0 saturated carbocycles. The van der Waals surface area contributed by atoms with Gasteiger partial charge in [0.25, 0.3) is 0 Å². The number of carbonyl (C=O) groups excluding carboxylic acids is 2. The minimum absolute atomic E-state index is 0.172. The number of hydrogen-bond acceptors (Lipinski definition) is 3. The van der Waals surface area contributed by atoms with Crippen molar-refractivity contribution in [2.75, 3.05) is 6.61 Å². The fourth-order valence-corrected chi connectivity index (χ4v) is 1.17. The summed E-state index contributed by atoms with van der Waals surface area (Å²) in [5, 5.41) is 0. The minimum atomic E-state index is -1.06. The first-order chi connectivity index (χ1) is 7.49. The maximum Gasteiger partial charge on any atom is 0.319 e. The van der Waals surface area contributed by atoms with Crippen LogP contribution in [0.5, 0.6) is 0 Å². The van der Waals surface area contributed by atoms with E-state index in [1.165, 1.54) is 6.92 Å². The van der Waals surface area contributed by atoms with Gasteiger partial charge in [0.15, 0.2) is 0 Å². The Labute approximate surface area is 97.2 Å². The van der Waals surface area contributed by atoms with E-state index in [1.807, 2.05) is 12.2 Å². The molecule has 0 radical (unpaired) electrons. The largest absolute Gasteiger partial charge is 0.465 e. The van der Waals surface area contributed by atoms with Crippen LogP contribution in [-0.4, -0.2) is 18.4 Å². The summed E-state index contributed by atoms with van der Waals surface area (Å²) in [6.07, 6.45) is 6.56. The number of allylic oxidation sites excluding steroid dienone is 3. The van der Waals surface area contributed by atoms with Gasteiger partial charge in [-0.3, -0.25) is 9.59 Å². The molecular weight excluding hydrogens is 204 g/mol. The Morgan fingerprint density at radius 3 is 2.44 bits per heavy atom. The molecule has 0 N–H and O–H groups in total. The molecule has 3 nitrogen and oxygen atoms in total. The average Bonchev–Trinajstić information content (AvgIpc) is 2.24. The van der Waals surface area contributed by atoms with Crippen molar-refractivity contribution in [3.63, 3.8) is 0 Å². The summed E-state index contributed by atoms with van der Waals surface area (Å²) >= 11 is 0. The molecule has 0 aromatic carbocycles. The number of carbonyl (C=O) groups is 2. The molecule has 1 unspecified atom stereocenters. The minimum Gasteiger partial charge on any atom is -0.465 e. The third kappa shape index (κ3) is 4.01. The Balaban J connectivity index is 4.63. The lowest BCUT2D eigenvalue weighted by Gasteiger charge is -2.22. The molecule has 0 aromatic heterocycles. The van der Waals surface area contributed by atoms with Gasteiger partial charge >= 0.3 is 5.97 Å². The standard InChI is InChI=1S/C13H20O3/c1-5-7-8-9-10-13(4,11(3)14)12(15)16-6-2/h5,8-9H,1,6-7,10H2,2-4H3/b9-8+. The zero-order chi connectivity index (χ0) is 12.6. The van der Waals surface area contributed by atoms with E-state index in [4.69, 9.17) is 4.74 Å². The zero-order valence-corrected chi connectivity index (χ0v) is 10.3. The monoisotopic (exact) mass is 224 g/mol. The maximum absolute atomic E-state index is 11.7. The molecule has 1 atom stereocenters. The van der Waals surface area contributed by atoms with Crippen molar-refractivity contribution in [3.8, 4) is 0 Å². The molecule has 0 heterocycles.